The van der Waals surface area contributed by atoms with Crippen molar-refractivity contribution in [3.63, 3.8) is 0 Å². The van der Waals surface area contributed by atoms with Crippen molar-refractivity contribution in [2.75, 3.05) is 7.11 Å². The average molecular weight is 351 g/mol. The number of ether oxygens (including phenoxy) is 1. The second-order valence-corrected chi connectivity index (χ2v) is 5.72. The first kappa shape index (κ1) is 14.6. The fraction of sp³-hybridized carbons (Fsp3) is 0.143. The summed E-state index contributed by atoms with van der Waals surface area (Å²) in [6.07, 6.45) is 1.68. The van der Waals surface area contributed by atoms with Crippen molar-refractivity contribution in [2.45, 2.75) is 6.92 Å². The minimum absolute atomic E-state index is 0.0227. The number of aryl methyl sites for hydroxylation is 1. The summed E-state index contributed by atoms with van der Waals surface area (Å²) in [6.45, 7) is 1.88. The van der Waals surface area contributed by atoms with E-state index in [2.05, 4.69) is 27.0 Å². The van der Waals surface area contributed by atoms with Gasteiger partial charge in [0.05, 0.1) is 12.7 Å². The second-order valence-electron chi connectivity index (χ2n) is 4.01. The number of phenolic OH excluding ortho intramolecular Hbond substituents is 1. The van der Waals surface area contributed by atoms with Crippen LogP contribution in [-0.4, -0.2) is 17.2 Å². The first-order chi connectivity index (χ1) is 9.55. The monoisotopic (exact) mass is 350 g/mol. The van der Waals surface area contributed by atoms with Crippen molar-refractivity contribution in [3.8, 4) is 17.6 Å². The number of rotatable bonds is 3. The zero-order chi connectivity index (χ0) is 14.7. The molecule has 0 saturated heterocycles. The molecule has 102 valence electrons. The van der Waals surface area contributed by atoms with Crippen LogP contribution in [-0.2, 0) is 0 Å². The Kier molecular flexibility index (Phi) is 4.42. The molecule has 1 aromatic heterocycles. The van der Waals surface area contributed by atoms with E-state index in [0.29, 0.717) is 21.9 Å². The molecule has 0 radical (unpaired) electrons. The summed E-state index contributed by atoms with van der Waals surface area (Å²) in [4.78, 5) is 4.29. The SMILES string of the molecule is COc1cc(Br)c(C=C(C#N)c2nc(C)cs2)cc1O. The molecule has 4 nitrogen and oxygen atoms in total. The Morgan fingerprint density at radius 2 is 2.30 bits per heavy atom. The molecular weight excluding hydrogens is 340 g/mol. The van der Waals surface area contributed by atoms with Crippen molar-refractivity contribution in [2.24, 2.45) is 0 Å². The van der Waals surface area contributed by atoms with E-state index in [4.69, 9.17) is 4.74 Å². The molecule has 0 aliphatic carbocycles. The van der Waals surface area contributed by atoms with Crippen LogP contribution in [0.4, 0.5) is 0 Å². The number of aromatic nitrogens is 1. The van der Waals surface area contributed by atoms with Crippen LogP contribution in [0.2, 0.25) is 0 Å². The number of thiazole rings is 1. The van der Waals surface area contributed by atoms with Gasteiger partial charge in [-0.05, 0) is 30.7 Å². The molecule has 6 heteroatoms. The Bertz CT molecular complexity index is 716. The van der Waals surface area contributed by atoms with Crippen LogP contribution < -0.4 is 4.74 Å². The number of nitrogens with zero attached hydrogens (tertiary/aromatic N) is 2. The fourth-order valence-electron chi connectivity index (χ4n) is 1.61. The summed E-state index contributed by atoms with van der Waals surface area (Å²) in [6, 6.07) is 5.33. The van der Waals surface area contributed by atoms with Gasteiger partial charge in [-0.15, -0.1) is 11.3 Å². The van der Waals surface area contributed by atoms with Crippen molar-refractivity contribution in [1.29, 1.82) is 5.26 Å². The lowest BCUT2D eigenvalue weighted by Gasteiger charge is -2.06. The van der Waals surface area contributed by atoms with Crippen LogP contribution >= 0.6 is 27.3 Å². The highest BCUT2D eigenvalue weighted by Gasteiger charge is 2.10. The van der Waals surface area contributed by atoms with Gasteiger partial charge in [-0.1, -0.05) is 15.9 Å². The Morgan fingerprint density at radius 1 is 1.55 bits per heavy atom. The predicted molar refractivity (Wildman–Crippen MR) is 82.7 cm³/mol. The predicted octanol–water partition coefficient (Wildman–Crippen LogP) is 3.99. The number of allylic oxidation sites excluding steroid dienone is 1. The van der Waals surface area contributed by atoms with E-state index in [0.717, 1.165) is 10.2 Å². The van der Waals surface area contributed by atoms with Gasteiger partial charge in [0.25, 0.3) is 0 Å². The number of methoxy groups -OCH3 is 1. The average Bonchev–Trinajstić information content (AvgIpc) is 2.85. The Hall–Kier alpha value is -1.84. The molecular formula is C14H11BrN2O2S. The molecule has 0 aliphatic rings. The van der Waals surface area contributed by atoms with Crippen molar-refractivity contribution >= 4 is 38.9 Å². The summed E-state index contributed by atoms with van der Waals surface area (Å²) in [5, 5.41) is 21.6. The third-order valence-electron chi connectivity index (χ3n) is 2.57. The lowest BCUT2D eigenvalue weighted by Crippen LogP contribution is -1.87. The maximum absolute atomic E-state index is 9.81. The highest BCUT2D eigenvalue weighted by atomic mass is 79.9. The highest BCUT2D eigenvalue weighted by molar-refractivity contribution is 9.10. The largest absolute Gasteiger partial charge is 0.504 e. The molecule has 1 N–H and O–H groups in total. The van der Waals surface area contributed by atoms with E-state index in [1.807, 2.05) is 12.3 Å². The molecule has 0 fully saturated rings. The van der Waals surface area contributed by atoms with Crippen LogP contribution in [0.1, 0.15) is 16.3 Å². The van der Waals surface area contributed by atoms with E-state index in [9.17, 15) is 10.4 Å². The number of benzene rings is 1. The van der Waals surface area contributed by atoms with Crippen LogP contribution in [0.5, 0.6) is 11.5 Å². The van der Waals surface area contributed by atoms with E-state index in [-0.39, 0.29) is 5.75 Å². The van der Waals surface area contributed by atoms with Gasteiger partial charge in [0, 0.05) is 15.5 Å². The fourth-order valence-corrected chi connectivity index (χ4v) is 2.81. The summed E-state index contributed by atoms with van der Waals surface area (Å²) in [5.74, 6) is 0.396. The smallest absolute Gasteiger partial charge is 0.161 e. The zero-order valence-corrected chi connectivity index (χ0v) is 13.2. The Balaban J connectivity index is 2.48. The van der Waals surface area contributed by atoms with Crippen molar-refractivity contribution in [3.05, 3.63) is 38.3 Å². The molecule has 1 aromatic carbocycles. The van der Waals surface area contributed by atoms with Crippen molar-refractivity contribution < 1.29 is 9.84 Å². The van der Waals surface area contributed by atoms with Gasteiger partial charge < -0.3 is 9.84 Å². The van der Waals surface area contributed by atoms with E-state index < -0.39 is 0 Å². The molecule has 0 spiro atoms. The van der Waals surface area contributed by atoms with Crippen LogP contribution in [0, 0.1) is 18.3 Å². The molecule has 0 amide bonds. The van der Waals surface area contributed by atoms with Gasteiger partial charge >= 0.3 is 0 Å². The third kappa shape index (κ3) is 3.00. The number of aromatic hydroxyl groups is 1. The molecule has 0 bridgehead atoms. The quantitative estimate of drug-likeness (QED) is 0.849. The molecule has 0 atom stereocenters. The van der Waals surface area contributed by atoms with Gasteiger partial charge in [-0.2, -0.15) is 5.26 Å². The Labute approximate surface area is 129 Å². The number of halogens is 1. The third-order valence-corrected chi connectivity index (χ3v) is 4.25. The summed E-state index contributed by atoms with van der Waals surface area (Å²) in [7, 11) is 1.48. The lowest BCUT2D eigenvalue weighted by atomic mass is 10.1. The summed E-state index contributed by atoms with van der Waals surface area (Å²) >= 11 is 4.81. The molecule has 0 unspecified atom stereocenters. The highest BCUT2D eigenvalue weighted by Crippen LogP contribution is 2.34. The van der Waals surface area contributed by atoms with E-state index in [1.165, 1.54) is 18.4 Å². The van der Waals surface area contributed by atoms with Gasteiger partial charge in [0.1, 0.15) is 11.1 Å². The minimum atomic E-state index is 0.0227. The van der Waals surface area contributed by atoms with Gasteiger partial charge in [-0.25, -0.2) is 4.98 Å². The standard InChI is InChI=1S/C14H11BrN2O2S/c1-8-7-20-14(17-8)10(6-16)3-9-4-12(18)13(19-2)5-11(9)15/h3-5,7,18H,1-2H3. The first-order valence-electron chi connectivity index (χ1n) is 5.66. The number of hydrogen-bond donors (Lipinski definition) is 1. The minimum Gasteiger partial charge on any atom is -0.504 e. The van der Waals surface area contributed by atoms with Gasteiger partial charge in [0.2, 0.25) is 0 Å². The van der Waals surface area contributed by atoms with Gasteiger partial charge in [0.15, 0.2) is 11.5 Å². The molecule has 20 heavy (non-hydrogen) atoms. The molecule has 0 aliphatic heterocycles. The molecule has 0 saturated carbocycles. The van der Waals surface area contributed by atoms with Crippen molar-refractivity contribution in [1.82, 2.24) is 4.98 Å². The van der Waals surface area contributed by atoms with Crippen LogP contribution in [0.3, 0.4) is 0 Å². The van der Waals surface area contributed by atoms with Crippen LogP contribution in [0.15, 0.2) is 22.0 Å². The second kappa shape index (κ2) is 6.07. The normalized spacial score (nSPS) is 11.2. The topological polar surface area (TPSA) is 66.1 Å². The molecule has 2 rings (SSSR count). The maximum Gasteiger partial charge on any atom is 0.161 e. The van der Waals surface area contributed by atoms with E-state index in [1.54, 1.807) is 18.2 Å². The lowest BCUT2D eigenvalue weighted by molar-refractivity contribution is 0.373. The first-order valence-corrected chi connectivity index (χ1v) is 7.33. The number of nitriles is 1. The summed E-state index contributed by atoms with van der Waals surface area (Å²) < 4.78 is 5.75. The number of hydrogen-bond acceptors (Lipinski definition) is 5. The maximum atomic E-state index is 9.81. The Morgan fingerprint density at radius 3 is 2.85 bits per heavy atom. The van der Waals surface area contributed by atoms with Crippen LogP contribution in [0.25, 0.3) is 11.6 Å². The molecule has 1 heterocycles. The van der Waals surface area contributed by atoms with Gasteiger partial charge in [-0.3, -0.25) is 0 Å². The summed E-state index contributed by atoms with van der Waals surface area (Å²) in [5.41, 5.74) is 2.02. The zero-order valence-electron chi connectivity index (χ0n) is 10.8. The molecule has 2 aromatic rings. The van der Waals surface area contributed by atoms with E-state index >= 15 is 0 Å². The number of phenols is 1.